The second-order valence-electron chi connectivity index (χ2n) is 9.00. The van der Waals surface area contributed by atoms with Crippen LogP contribution in [0.25, 0.3) is 0 Å². The number of carbonyl (C=O) groups is 1. The van der Waals surface area contributed by atoms with Crippen LogP contribution in [0.15, 0.2) is 11.4 Å². The number of hydrogen-bond donors (Lipinski definition) is 1. The van der Waals surface area contributed by atoms with Gasteiger partial charge in [-0.15, -0.1) is 11.3 Å². The molecule has 0 spiro atoms. The van der Waals surface area contributed by atoms with E-state index in [9.17, 15) is 4.79 Å². The van der Waals surface area contributed by atoms with Crippen molar-refractivity contribution in [3.8, 4) is 0 Å². The van der Waals surface area contributed by atoms with Gasteiger partial charge < -0.3 is 9.30 Å². The number of amides is 1. The lowest BCUT2D eigenvalue weighted by atomic mass is 9.95. The van der Waals surface area contributed by atoms with Gasteiger partial charge in [0.15, 0.2) is 5.13 Å². The van der Waals surface area contributed by atoms with Crippen LogP contribution in [0.2, 0.25) is 0 Å². The molecule has 6 nitrogen and oxygen atoms in total. The number of rotatable bonds is 5. The first kappa shape index (κ1) is 21.5. The summed E-state index contributed by atoms with van der Waals surface area (Å²) < 4.78 is 8.19. The highest BCUT2D eigenvalue weighted by atomic mass is 32.1. The van der Waals surface area contributed by atoms with E-state index in [1.165, 1.54) is 49.1 Å². The van der Waals surface area contributed by atoms with Gasteiger partial charge in [0.1, 0.15) is 0 Å². The number of nitrogens with one attached hydrogen (secondary N) is 1. The minimum atomic E-state index is -0.0559. The largest absolute Gasteiger partial charge is 0.373 e. The van der Waals surface area contributed by atoms with Crippen LogP contribution >= 0.6 is 11.3 Å². The predicted octanol–water partition coefficient (Wildman–Crippen LogP) is 4.93. The molecule has 30 heavy (non-hydrogen) atoms. The van der Waals surface area contributed by atoms with Crippen molar-refractivity contribution in [2.45, 2.75) is 84.6 Å². The number of ether oxygens (including phenoxy) is 1. The van der Waals surface area contributed by atoms with Gasteiger partial charge in [0.25, 0.3) is 5.91 Å². The normalized spacial score (nSPS) is 23.6. The van der Waals surface area contributed by atoms with Crippen molar-refractivity contribution in [2.24, 2.45) is 0 Å². The van der Waals surface area contributed by atoms with Crippen LogP contribution < -0.4 is 5.32 Å². The number of nitrogens with zero attached hydrogens (tertiary/aromatic N) is 3. The number of thiazole rings is 1. The highest BCUT2D eigenvalue weighted by molar-refractivity contribution is 7.14. The van der Waals surface area contributed by atoms with Crippen molar-refractivity contribution in [2.75, 3.05) is 18.4 Å². The number of carbonyl (C=O) groups excluding carboxylic acids is 1. The third-order valence-corrected chi connectivity index (χ3v) is 7.13. The maximum absolute atomic E-state index is 13.0. The summed E-state index contributed by atoms with van der Waals surface area (Å²) in [5.74, 6) is -0.0559. The molecule has 0 bridgehead atoms. The minimum Gasteiger partial charge on any atom is -0.373 e. The van der Waals surface area contributed by atoms with E-state index in [1.807, 2.05) is 11.4 Å². The number of aromatic nitrogens is 2. The molecule has 164 valence electrons. The fourth-order valence-electron chi connectivity index (χ4n) is 5.15. The molecule has 1 saturated carbocycles. The van der Waals surface area contributed by atoms with E-state index in [2.05, 4.69) is 47.5 Å². The number of hydrogen-bond acceptors (Lipinski definition) is 5. The van der Waals surface area contributed by atoms with E-state index in [1.54, 1.807) is 0 Å². The Kier molecular flexibility index (Phi) is 6.60. The topological polar surface area (TPSA) is 59.4 Å². The molecule has 0 aromatic carbocycles. The molecule has 1 saturated heterocycles. The molecule has 1 amide bonds. The zero-order valence-electron chi connectivity index (χ0n) is 18.6. The van der Waals surface area contributed by atoms with Gasteiger partial charge in [0, 0.05) is 42.4 Å². The smallest absolute Gasteiger partial charge is 0.259 e. The molecule has 3 heterocycles. The second kappa shape index (κ2) is 9.20. The zero-order chi connectivity index (χ0) is 21.3. The van der Waals surface area contributed by atoms with Crippen molar-refractivity contribution in [3.63, 3.8) is 0 Å². The van der Waals surface area contributed by atoms with Gasteiger partial charge in [0.05, 0.1) is 23.5 Å². The Morgan fingerprint density at radius 3 is 2.60 bits per heavy atom. The summed E-state index contributed by atoms with van der Waals surface area (Å²) in [7, 11) is 0. The molecular formula is C23H34N4O2S. The van der Waals surface area contributed by atoms with Crippen LogP contribution in [0.3, 0.4) is 0 Å². The van der Waals surface area contributed by atoms with Crippen LogP contribution in [0.5, 0.6) is 0 Å². The standard InChI is InChI=1S/C23H34N4O2S/c1-15-10-21(18(4)27(15)20-8-6-5-7-9-20)22(28)25-23-24-19(14-30-23)13-26-11-16(2)29-17(3)12-26/h10,14,16-17,20H,5-9,11-13H2,1-4H3,(H,24,25,28). The van der Waals surface area contributed by atoms with Gasteiger partial charge in [-0.1, -0.05) is 19.3 Å². The second-order valence-corrected chi connectivity index (χ2v) is 9.85. The highest BCUT2D eigenvalue weighted by Gasteiger charge is 2.24. The zero-order valence-corrected chi connectivity index (χ0v) is 19.4. The summed E-state index contributed by atoms with van der Waals surface area (Å²) in [5, 5.41) is 5.75. The number of anilines is 1. The molecule has 2 unspecified atom stereocenters. The maximum atomic E-state index is 13.0. The first-order valence-corrected chi connectivity index (χ1v) is 12.1. The first-order valence-electron chi connectivity index (χ1n) is 11.2. The van der Waals surface area contributed by atoms with Crippen LogP contribution in [0.4, 0.5) is 5.13 Å². The van der Waals surface area contributed by atoms with Crippen LogP contribution in [0, 0.1) is 13.8 Å². The summed E-state index contributed by atoms with van der Waals surface area (Å²) >= 11 is 1.50. The van der Waals surface area contributed by atoms with Crippen molar-refractivity contribution in [1.82, 2.24) is 14.5 Å². The van der Waals surface area contributed by atoms with E-state index in [4.69, 9.17) is 4.74 Å². The third-order valence-electron chi connectivity index (χ3n) is 6.32. The van der Waals surface area contributed by atoms with Crippen LogP contribution in [0.1, 0.15) is 79.4 Å². The van der Waals surface area contributed by atoms with E-state index >= 15 is 0 Å². The molecule has 2 atom stereocenters. The maximum Gasteiger partial charge on any atom is 0.259 e. The van der Waals surface area contributed by atoms with Crippen molar-refractivity contribution in [3.05, 3.63) is 34.1 Å². The van der Waals surface area contributed by atoms with E-state index in [-0.39, 0.29) is 18.1 Å². The molecule has 2 aliphatic rings. The minimum absolute atomic E-state index is 0.0559. The van der Waals surface area contributed by atoms with E-state index < -0.39 is 0 Å². The summed E-state index contributed by atoms with van der Waals surface area (Å²) in [6, 6.07) is 2.56. The van der Waals surface area contributed by atoms with Gasteiger partial charge >= 0.3 is 0 Å². The Morgan fingerprint density at radius 1 is 1.20 bits per heavy atom. The monoisotopic (exact) mass is 430 g/mol. The van der Waals surface area contributed by atoms with Crippen molar-refractivity contribution < 1.29 is 9.53 Å². The van der Waals surface area contributed by atoms with Gasteiger partial charge in [0.2, 0.25) is 0 Å². The Labute approximate surface area is 183 Å². The summed E-state index contributed by atoms with van der Waals surface area (Å²) in [5.41, 5.74) is 4.03. The van der Waals surface area contributed by atoms with Gasteiger partial charge in [-0.3, -0.25) is 15.0 Å². The van der Waals surface area contributed by atoms with Crippen molar-refractivity contribution >= 4 is 22.4 Å². The molecular weight excluding hydrogens is 396 g/mol. The molecule has 2 aromatic heterocycles. The summed E-state index contributed by atoms with van der Waals surface area (Å²) in [6.45, 7) is 11.0. The molecule has 4 rings (SSSR count). The summed E-state index contributed by atoms with van der Waals surface area (Å²) in [6.07, 6.45) is 6.81. The SMILES string of the molecule is Cc1cc(C(=O)Nc2nc(CN3CC(C)OC(C)C3)cs2)c(C)n1C1CCCCC1. The number of aryl methyl sites for hydroxylation is 1. The van der Waals surface area contributed by atoms with Crippen LogP contribution in [-0.4, -0.2) is 45.7 Å². The quantitative estimate of drug-likeness (QED) is 0.731. The molecule has 2 fully saturated rings. The molecule has 1 N–H and O–H groups in total. The Balaban J connectivity index is 1.41. The Hall–Kier alpha value is -1.70. The lowest BCUT2D eigenvalue weighted by molar-refractivity contribution is -0.0707. The molecule has 2 aromatic rings. The number of morpholine rings is 1. The van der Waals surface area contributed by atoms with Gasteiger partial charge in [-0.25, -0.2) is 4.98 Å². The Morgan fingerprint density at radius 2 is 1.90 bits per heavy atom. The first-order chi connectivity index (χ1) is 14.4. The molecule has 1 aliphatic heterocycles. The fourth-order valence-corrected chi connectivity index (χ4v) is 5.85. The Bertz CT molecular complexity index is 874. The van der Waals surface area contributed by atoms with E-state index in [0.29, 0.717) is 11.2 Å². The average molecular weight is 431 g/mol. The summed E-state index contributed by atoms with van der Waals surface area (Å²) in [4.78, 5) is 20.0. The van der Waals surface area contributed by atoms with E-state index in [0.717, 1.165) is 36.6 Å². The lowest BCUT2D eigenvalue weighted by Crippen LogP contribution is -2.44. The third kappa shape index (κ3) is 4.79. The van der Waals surface area contributed by atoms with Gasteiger partial charge in [-0.05, 0) is 46.6 Å². The lowest BCUT2D eigenvalue weighted by Gasteiger charge is -2.34. The van der Waals surface area contributed by atoms with Crippen LogP contribution in [-0.2, 0) is 11.3 Å². The molecule has 1 aliphatic carbocycles. The fraction of sp³-hybridized carbons (Fsp3) is 0.652. The predicted molar refractivity (Wildman–Crippen MR) is 121 cm³/mol. The molecule has 0 radical (unpaired) electrons. The average Bonchev–Trinajstić information content (AvgIpc) is 3.25. The van der Waals surface area contributed by atoms with Crippen molar-refractivity contribution in [1.29, 1.82) is 0 Å². The molecule has 7 heteroatoms. The van der Waals surface area contributed by atoms with Gasteiger partial charge in [-0.2, -0.15) is 0 Å². The highest BCUT2D eigenvalue weighted by Crippen LogP contribution is 2.32.